The summed E-state index contributed by atoms with van der Waals surface area (Å²) in [4.78, 5) is 14.6. The van der Waals surface area contributed by atoms with Crippen LogP contribution in [0.5, 0.6) is 5.88 Å². The number of pyridine rings is 1. The maximum absolute atomic E-state index is 10.4. The summed E-state index contributed by atoms with van der Waals surface area (Å²) in [6.45, 7) is 3.37. The van der Waals surface area contributed by atoms with Gasteiger partial charge in [-0.3, -0.25) is 4.79 Å². The zero-order valence-electron chi connectivity index (χ0n) is 9.81. The molecule has 1 rings (SSSR count). The van der Waals surface area contributed by atoms with Crippen molar-refractivity contribution in [1.29, 1.82) is 0 Å². The monoisotopic (exact) mass is 239 g/mol. The molecule has 0 aromatic carbocycles. The fourth-order valence-corrected chi connectivity index (χ4v) is 1.17. The topological polar surface area (TPSA) is 86.5 Å². The second-order valence-corrected chi connectivity index (χ2v) is 3.24. The van der Waals surface area contributed by atoms with E-state index in [0.29, 0.717) is 31.5 Å². The number of hydrogen-bond acceptors (Lipinski definition) is 5. The van der Waals surface area contributed by atoms with Crippen LogP contribution in [0.15, 0.2) is 18.2 Å². The molecule has 0 radical (unpaired) electrons. The second-order valence-electron chi connectivity index (χ2n) is 3.24. The molecular formula is C11H17N3O3. The molecular weight excluding hydrogens is 222 g/mol. The number of anilines is 1. The Labute approximate surface area is 100 Å². The summed E-state index contributed by atoms with van der Waals surface area (Å²) in [6.07, 6.45) is 0. The third-order valence-electron chi connectivity index (χ3n) is 1.81. The molecule has 0 aliphatic heterocycles. The molecule has 1 aromatic rings. The van der Waals surface area contributed by atoms with E-state index in [1.54, 1.807) is 6.07 Å². The maximum atomic E-state index is 10.4. The number of rotatable bonds is 8. The van der Waals surface area contributed by atoms with E-state index in [1.165, 1.54) is 0 Å². The van der Waals surface area contributed by atoms with Crippen LogP contribution in [0, 0.1) is 0 Å². The van der Waals surface area contributed by atoms with Gasteiger partial charge in [-0.05, 0) is 13.0 Å². The minimum Gasteiger partial charge on any atom is -0.478 e. The van der Waals surface area contributed by atoms with E-state index in [9.17, 15) is 4.79 Å². The van der Waals surface area contributed by atoms with E-state index in [2.05, 4.69) is 10.3 Å². The smallest absolute Gasteiger partial charge is 0.243 e. The molecule has 1 amide bonds. The van der Waals surface area contributed by atoms with Gasteiger partial charge in [0.25, 0.3) is 0 Å². The highest BCUT2D eigenvalue weighted by Crippen LogP contribution is 2.10. The Hall–Kier alpha value is -1.82. The fourth-order valence-electron chi connectivity index (χ4n) is 1.17. The number of hydrogen-bond donors (Lipinski definition) is 2. The van der Waals surface area contributed by atoms with Gasteiger partial charge in [-0.2, -0.15) is 4.98 Å². The lowest BCUT2D eigenvalue weighted by molar-refractivity contribution is -0.122. The summed E-state index contributed by atoms with van der Waals surface area (Å²) in [5.41, 5.74) is 4.93. The molecule has 17 heavy (non-hydrogen) atoms. The van der Waals surface area contributed by atoms with E-state index < -0.39 is 5.91 Å². The van der Waals surface area contributed by atoms with Gasteiger partial charge in [0.05, 0.1) is 13.2 Å². The van der Waals surface area contributed by atoms with Crippen LogP contribution in [0.25, 0.3) is 0 Å². The summed E-state index contributed by atoms with van der Waals surface area (Å²) in [5, 5.41) is 3.05. The van der Waals surface area contributed by atoms with Crippen molar-refractivity contribution < 1.29 is 14.3 Å². The summed E-state index contributed by atoms with van der Waals surface area (Å²) >= 11 is 0. The van der Waals surface area contributed by atoms with Gasteiger partial charge in [-0.15, -0.1) is 0 Å². The molecule has 0 unspecified atom stereocenters. The van der Waals surface area contributed by atoms with Gasteiger partial charge in [-0.25, -0.2) is 0 Å². The van der Waals surface area contributed by atoms with Gasteiger partial charge in [0.15, 0.2) is 0 Å². The SMILES string of the molecule is CCOc1cccc(NCCOCC(N)=O)n1. The zero-order chi connectivity index (χ0) is 12.5. The molecule has 6 heteroatoms. The van der Waals surface area contributed by atoms with Gasteiger partial charge < -0.3 is 20.5 Å². The normalized spacial score (nSPS) is 9.94. The van der Waals surface area contributed by atoms with Crippen molar-refractivity contribution in [2.45, 2.75) is 6.92 Å². The van der Waals surface area contributed by atoms with E-state index in [0.717, 1.165) is 0 Å². The number of nitrogens with two attached hydrogens (primary N) is 1. The molecule has 0 aliphatic rings. The number of primary amides is 1. The van der Waals surface area contributed by atoms with E-state index in [4.69, 9.17) is 15.2 Å². The van der Waals surface area contributed by atoms with Gasteiger partial charge in [0.1, 0.15) is 12.4 Å². The standard InChI is InChI=1S/C11H17N3O3/c1-2-17-11-5-3-4-10(14-11)13-6-7-16-8-9(12)15/h3-5H,2,6-8H2,1H3,(H2,12,15)(H,13,14). The largest absolute Gasteiger partial charge is 0.478 e. The number of carbonyl (C=O) groups is 1. The molecule has 0 saturated heterocycles. The van der Waals surface area contributed by atoms with Crippen molar-refractivity contribution in [2.24, 2.45) is 5.73 Å². The molecule has 3 N–H and O–H groups in total. The number of amides is 1. The van der Waals surface area contributed by atoms with Crippen LogP contribution in [0.1, 0.15) is 6.92 Å². The lowest BCUT2D eigenvalue weighted by Crippen LogP contribution is -2.20. The summed E-state index contributed by atoms with van der Waals surface area (Å²) in [6, 6.07) is 5.47. The molecule has 0 aliphatic carbocycles. The Morgan fingerprint density at radius 2 is 2.35 bits per heavy atom. The molecule has 0 atom stereocenters. The molecule has 0 spiro atoms. The van der Waals surface area contributed by atoms with Crippen LogP contribution < -0.4 is 15.8 Å². The quantitative estimate of drug-likeness (QED) is 0.641. The van der Waals surface area contributed by atoms with Crippen molar-refractivity contribution in [3.8, 4) is 5.88 Å². The molecule has 0 fully saturated rings. The predicted octanol–water partition coefficient (Wildman–Crippen LogP) is 0.394. The first-order valence-electron chi connectivity index (χ1n) is 5.42. The second kappa shape index (κ2) is 7.45. The third-order valence-corrected chi connectivity index (χ3v) is 1.81. The van der Waals surface area contributed by atoms with Crippen LogP contribution in [0.2, 0.25) is 0 Å². The number of carbonyl (C=O) groups excluding carboxylic acids is 1. The van der Waals surface area contributed by atoms with Crippen LogP contribution >= 0.6 is 0 Å². The van der Waals surface area contributed by atoms with Crippen molar-refractivity contribution >= 4 is 11.7 Å². The summed E-state index contributed by atoms with van der Waals surface area (Å²) in [7, 11) is 0. The number of nitrogens with zero attached hydrogens (tertiary/aromatic N) is 1. The van der Waals surface area contributed by atoms with E-state index in [1.807, 2.05) is 19.1 Å². The summed E-state index contributed by atoms with van der Waals surface area (Å²) < 4.78 is 10.3. The first-order chi connectivity index (χ1) is 8.22. The number of aromatic nitrogens is 1. The molecule has 1 heterocycles. The highest BCUT2D eigenvalue weighted by atomic mass is 16.5. The highest BCUT2D eigenvalue weighted by molar-refractivity contribution is 5.74. The minimum absolute atomic E-state index is 0.0614. The fraction of sp³-hybridized carbons (Fsp3) is 0.455. The first-order valence-corrected chi connectivity index (χ1v) is 5.42. The van der Waals surface area contributed by atoms with Gasteiger partial charge in [-0.1, -0.05) is 6.07 Å². The van der Waals surface area contributed by atoms with Crippen LogP contribution in [0.3, 0.4) is 0 Å². The van der Waals surface area contributed by atoms with Crippen LogP contribution in [-0.2, 0) is 9.53 Å². The van der Waals surface area contributed by atoms with Crippen molar-refractivity contribution in [3.05, 3.63) is 18.2 Å². The summed E-state index contributed by atoms with van der Waals surface area (Å²) in [5.74, 6) is 0.815. The average molecular weight is 239 g/mol. The molecule has 1 aromatic heterocycles. The molecule has 0 bridgehead atoms. The highest BCUT2D eigenvalue weighted by Gasteiger charge is 1.98. The number of ether oxygens (including phenoxy) is 2. The Morgan fingerprint density at radius 1 is 1.53 bits per heavy atom. The predicted molar refractivity (Wildman–Crippen MR) is 63.9 cm³/mol. The van der Waals surface area contributed by atoms with E-state index in [-0.39, 0.29) is 6.61 Å². The number of nitrogens with one attached hydrogen (secondary N) is 1. The van der Waals surface area contributed by atoms with Crippen molar-refractivity contribution in [3.63, 3.8) is 0 Å². The maximum Gasteiger partial charge on any atom is 0.243 e. The van der Waals surface area contributed by atoms with E-state index >= 15 is 0 Å². The first kappa shape index (κ1) is 13.2. The average Bonchev–Trinajstić information content (AvgIpc) is 2.29. The van der Waals surface area contributed by atoms with Crippen molar-refractivity contribution in [1.82, 2.24) is 4.98 Å². The van der Waals surface area contributed by atoms with Crippen LogP contribution in [0.4, 0.5) is 5.82 Å². The lowest BCUT2D eigenvalue weighted by atomic mass is 10.4. The minimum atomic E-state index is -0.471. The van der Waals surface area contributed by atoms with Gasteiger partial charge in [0.2, 0.25) is 11.8 Å². The Bertz CT molecular complexity index is 358. The third kappa shape index (κ3) is 5.72. The van der Waals surface area contributed by atoms with Gasteiger partial charge in [0, 0.05) is 12.6 Å². The molecule has 0 saturated carbocycles. The Balaban J connectivity index is 2.26. The molecule has 6 nitrogen and oxygen atoms in total. The van der Waals surface area contributed by atoms with Gasteiger partial charge >= 0.3 is 0 Å². The zero-order valence-corrected chi connectivity index (χ0v) is 9.81. The molecule has 94 valence electrons. The lowest BCUT2D eigenvalue weighted by Gasteiger charge is -2.07. The Morgan fingerprint density at radius 3 is 3.06 bits per heavy atom. The van der Waals surface area contributed by atoms with Crippen molar-refractivity contribution in [2.75, 3.05) is 31.7 Å². The Kier molecular flexibility index (Phi) is 5.81. The van der Waals surface area contributed by atoms with Crippen LogP contribution in [-0.4, -0.2) is 37.3 Å².